The summed E-state index contributed by atoms with van der Waals surface area (Å²) in [5, 5.41) is 13.0. The van der Waals surface area contributed by atoms with Gasteiger partial charge in [0.05, 0.1) is 6.61 Å². The number of aromatic nitrogens is 2. The third kappa shape index (κ3) is 4.10. The van der Waals surface area contributed by atoms with E-state index < -0.39 is 10.2 Å². The average molecular weight is 301 g/mol. The van der Waals surface area contributed by atoms with Gasteiger partial charge in [0.2, 0.25) is 0 Å². The van der Waals surface area contributed by atoms with Crippen LogP contribution >= 0.6 is 0 Å². The summed E-state index contributed by atoms with van der Waals surface area (Å²) in [6.07, 6.45) is 2.26. The smallest absolute Gasteiger partial charge is 0.274 e. The van der Waals surface area contributed by atoms with E-state index in [2.05, 4.69) is 19.8 Å². The second-order valence-corrected chi connectivity index (χ2v) is 6.13. The van der Waals surface area contributed by atoms with Crippen molar-refractivity contribution in [2.45, 2.75) is 12.5 Å². The Morgan fingerprint density at radius 3 is 3.00 bits per heavy atom. The number of methoxy groups -OCH3 is 1. The zero-order valence-electron chi connectivity index (χ0n) is 11.3. The molecule has 112 valence electrons. The zero-order valence-corrected chi connectivity index (χ0v) is 12.1. The third-order valence-corrected chi connectivity index (χ3v) is 3.94. The third-order valence-electron chi connectivity index (χ3n) is 3.31. The van der Waals surface area contributed by atoms with Crippen molar-refractivity contribution in [3.63, 3.8) is 0 Å². The van der Waals surface area contributed by atoms with Gasteiger partial charge in [-0.25, -0.2) is 5.14 Å². The molecule has 0 spiro atoms. The molecule has 1 saturated heterocycles. The van der Waals surface area contributed by atoms with Gasteiger partial charge in [0.25, 0.3) is 10.2 Å². The molecule has 9 heteroatoms. The summed E-state index contributed by atoms with van der Waals surface area (Å²) in [6, 6.07) is 3.48. The maximum Gasteiger partial charge on any atom is 0.274 e. The molecule has 8 nitrogen and oxygen atoms in total. The number of anilines is 1. The minimum Gasteiger partial charge on any atom is -0.384 e. The van der Waals surface area contributed by atoms with Crippen molar-refractivity contribution in [3.8, 4) is 0 Å². The number of nitrogens with two attached hydrogens (primary N) is 1. The molecule has 0 unspecified atom stereocenters. The van der Waals surface area contributed by atoms with Gasteiger partial charge in [-0.15, -0.1) is 5.10 Å². The lowest BCUT2D eigenvalue weighted by Crippen LogP contribution is -2.53. The molecule has 0 aromatic carbocycles. The van der Waals surface area contributed by atoms with Crippen molar-refractivity contribution in [2.24, 2.45) is 11.1 Å². The summed E-state index contributed by atoms with van der Waals surface area (Å²) in [4.78, 5) is 2.07. The molecule has 1 fully saturated rings. The Kier molecular flexibility index (Phi) is 4.86. The highest BCUT2D eigenvalue weighted by molar-refractivity contribution is 7.87. The molecule has 1 aliphatic heterocycles. The fourth-order valence-electron chi connectivity index (χ4n) is 2.45. The second-order valence-electron chi connectivity index (χ2n) is 4.80. The Labute approximate surface area is 118 Å². The Hall–Kier alpha value is -1.29. The molecule has 0 bridgehead atoms. The van der Waals surface area contributed by atoms with Crippen LogP contribution in [0.15, 0.2) is 18.3 Å². The number of nitrogens with one attached hydrogen (secondary N) is 1. The number of piperidine rings is 1. The van der Waals surface area contributed by atoms with Gasteiger partial charge in [0.15, 0.2) is 5.82 Å². The van der Waals surface area contributed by atoms with Crippen LogP contribution in [0.1, 0.15) is 6.42 Å². The van der Waals surface area contributed by atoms with Gasteiger partial charge >= 0.3 is 0 Å². The van der Waals surface area contributed by atoms with Gasteiger partial charge in [-0.3, -0.25) is 0 Å². The summed E-state index contributed by atoms with van der Waals surface area (Å²) in [6.45, 7) is 1.77. The van der Waals surface area contributed by atoms with Gasteiger partial charge in [-0.1, -0.05) is 0 Å². The van der Waals surface area contributed by atoms with Crippen LogP contribution < -0.4 is 14.8 Å². The van der Waals surface area contributed by atoms with Gasteiger partial charge in [-0.05, 0) is 18.6 Å². The van der Waals surface area contributed by atoms with Crippen LogP contribution in [-0.4, -0.2) is 51.5 Å². The van der Waals surface area contributed by atoms with E-state index in [0.717, 1.165) is 5.82 Å². The first-order valence-corrected chi connectivity index (χ1v) is 7.86. The van der Waals surface area contributed by atoms with Crippen molar-refractivity contribution in [2.75, 3.05) is 31.7 Å². The number of rotatable bonds is 5. The van der Waals surface area contributed by atoms with Crippen LogP contribution in [0.5, 0.6) is 0 Å². The highest BCUT2D eigenvalue weighted by atomic mass is 32.2. The topological polar surface area (TPSA) is 110 Å². The number of hydrogen-bond donors (Lipinski definition) is 2. The zero-order chi connectivity index (χ0) is 14.6. The molecule has 0 amide bonds. The number of ether oxygens (including phenoxy) is 1. The average Bonchev–Trinajstić information content (AvgIpc) is 2.40. The summed E-state index contributed by atoms with van der Waals surface area (Å²) in [5.74, 6) is 0.789. The fourth-order valence-corrected chi connectivity index (χ4v) is 3.18. The van der Waals surface area contributed by atoms with Crippen molar-refractivity contribution in [1.82, 2.24) is 14.9 Å². The molecule has 2 heterocycles. The highest BCUT2D eigenvalue weighted by Gasteiger charge is 2.31. The molecule has 0 radical (unpaired) electrons. The van der Waals surface area contributed by atoms with E-state index in [9.17, 15) is 8.42 Å². The Bertz CT molecular complexity index is 524. The minimum absolute atomic E-state index is 0.00841. The van der Waals surface area contributed by atoms with E-state index in [0.29, 0.717) is 26.1 Å². The number of nitrogens with zero attached hydrogens (tertiary/aromatic N) is 3. The van der Waals surface area contributed by atoms with Crippen molar-refractivity contribution < 1.29 is 13.2 Å². The second kappa shape index (κ2) is 6.44. The van der Waals surface area contributed by atoms with Gasteiger partial charge < -0.3 is 9.64 Å². The lowest BCUT2D eigenvalue weighted by atomic mass is 9.93. The largest absolute Gasteiger partial charge is 0.384 e. The molecule has 3 N–H and O–H groups in total. The summed E-state index contributed by atoms with van der Waals surface area (Å²) in [5.41, 5.74) is 0. The Morgan fingerprint density at radius 2 is 2.40 bits per heavy atom. The molecular weight excluding hydrogens is 282 g/mol. The van der Waals surface area contributed by atoms with Crippen LogP contribution in [0.4, 0.5) is 5.82 Å². The highest BCUT2D eigenvalue weighted by Crippen LogP contribution is 2.22. The summed E-state index contributed by atoms with van der Waals surface area (Å²) >= 11 is 0. The van der Waals surface area contributed by atoms with E-state index in [1.807, 2.05) is 12.1 Å². The monoisotopic (exact) mass is 301 g/mol. The molecule has 1 aromatic heterocycles. The number of hydrogen-bond acceptors (Lipinski definition) is 6. The molecule has 0 aliphatic carbocycles. The van der Waals surface area contributed by atoms with Gasteiger partial charge in [0.1, 0.15) is 0 Å². The lowest BCUT2D eigenvalue weighted by molar-refractivity contribution is 0.128. The molecule has 2 rings (SSSR count). The quantitative estimate of drug-likeness (QED) is 0.730. The Morgan fingerprint density at radius 1 is 1.60 bits per heavy atom. The van der Waals surface area contributed by atoms with Crippen LogP contribution in [0, 0.1) is 5.92 Å². The molecule has 20 heavy (non-hydrogen) atoms. The fraction of sp³-hybridized carbons (Fsp3) is 0.636. The summed E-state index contributed by atoms with van der Waals surface area (Å²) in [7, 11) is -2.12. The van der Waals surface area contributed by atoms with E-state index >= 15 is 0 Å². The standard InChI is InChI=1S/C11H19N5O3S/c1-19-8-9-7-16(11-3-2-5-13-14-11)6-4-10(9)15-20(12,17)18/h2-3,5,9-10,15H,4,6-8H2,1H3,(H2,12,17,18)/t9-,10-/m0/s1. The first-order valence-electron chi connectivity index (χ1n) is 6.31. The van der Waals surface area contributed by atoms with Gasteiger partial charge in [-0.2, -0.15) is 18.2 Å². The van der Waals surface area contributed by atoms with Crippen LogP contribution in [0.25, 0.3) is 0 Å². The maximum absolute atomic E-state index is 11.2. The molecule has 0 saturated carbocycles. The first kappa shape index (κ1) is 15.1. The van der Waals surface area contributed by atoms with Gasteiger partial charge in [0, 0.05) is 38.4 Å². The van der Waals surface area contributed by atoms with E-state index in [1.165, 1.54) is 0 Å². The lowest BCUT2D eigenvalue weighted by Gasteiger charge is -2.38. The molecule has 1 aromatic rings. The van der Waals surface area contributed by atoms with E-state index in [-0.39, 0.29) is 12.0 Å². The molecule has 2 atom stereocenters. The minimum atomic E-state index is -3.71. The maximum atomic E-state index is 11.2. The summed E-state index contributed by atoms with van der Waals surface area (Å²) < 4.78 is 30.0. The normalized spacial score (nSPS) is 23.8. The van der Waals surface area contributed by atoms with Crippen molar-refractivity contribution in [1.29, 1.82) is 0 Å². The van der Waals surface area contributed by atoms with E-state index in [1.54, 1.807) is 13.3 Å². The van der Waals surface area contributed by atoms with E-state index in [4.69, 9.17) is 9.88 Å². The molecular formula is C11H19N5O3S. The van der Waals surface area contributed by atoms with Crippen LogP contribution in [0.3, 0.4) is 0 Å². The SMILES string of the molecule is COC[C@@H]1CN(c2cccnn2)CC[C@@H]1NS(N)(=O)=O. The first-order chi connectivity index (χ1) is 9.49. The predicted octanol–water partition coefficient (Wildman–Crippen LogP) is -0.889. The molecule has 1 aliphatic rings. The van der Waals surface area contributed by atoms with Crippen LogP contribution in [0.2, 0.25) is 0 Å². The van der Waals surface area contributed by atoms with Crippen LogP contribution in [-0.2, 0) is 14.9 Å². The van der Waals surface area contributed by atoms with Crippen molar-refractivity contribution >= 4 is 16.0 Å². The predicted molar refractivity (Wildman–Crippen MR) is 74.3 cm³/mol. The van der Waals surface area contributed by atoms with Crippen molar-refractivity contribution in [3.05, 3.63) is 18.3 Å². The Balaban J connectivity index is 2.07.